The molecular weight excluding hydrogens is 384 g/mol. The number of para-hydroxylation sites is 1. The summed E-state index contributed by atoms with van der Waals surface area (Å²) in [5.41, 5.74) is 2.14. The van der Waals surface area contributed by atoms with Crippen molar-refractivity contribution in [3.05, 3.63) is 64.9 Å². The van der Waals surface area contributed by atoms with Crippen molar-refractivity contribution in [3.63, 3.8) is 0 Å². The van der Waals surface area contributed by atoms with Crippen molar-refractivity contribution in [2.75, 3.05) is 11.1 Å². The molecule has 0 saturated heterocycles. The molecule has 3 aromatic rings. The van der Waals surface area contributed by atoms with Crippen molar-refractivity contribution in [1.29, 1.82) is 0 Å². The fourth-order valence-electron chi connectivity index (χ4n) is 2.46. The molecule has 4 nitrogen and oxygen atoms in total. The minimum Gasteiger partial charge on any atom is -0.375 e. The molecule has 0 saturated carbocycles. The molecule has 6 heteroatoms. The van der Waals surface area contributed by atoms with Crippen LogP contribution in [0.25, 0.3) is 5.69 Å². The van der Waals surface area contributed by atoms with E-state index < -0.39 is 0 Å². The van der Waals surface area contributed by atoms with Crippen molar-refractivity contribution >= 4 is 33.4 Å². The zero-order valence-electron chi connectivity index (χ0n) is 13.6. The Labute approximate surface area is 154 Å². The van der Waals surface area contributed by atoms with Crippen LogP contribution in [-0.4, -0.2) is 20.5 Å². The van der Waals surface area contributed by atoms with E-state index in [1.165, 1.54) is 0 Å². The van der Waals surface area contributed by atoms with Gasteiger partial charge in [-0.15, -0.1) is 10.2 Å². The van der Waals surface area contributed by atoms with Gasteiger partial charge in [-0.3, -0.25) is 4.57 Å². The molecule has 0 aliphatic carbocycles. The Morgan fingerprint density at radius 1 is 1.08 bits per heavy atom. The van der Waals surface area contributed by atoms with Crippen LogP contribution >= 0.6 is 27.7 Å². The number of hydrogen-bond acceptors (Lipinski definition) is 4. The lowest BCUT2D eigenvalue weighted by Crippen LogP contribution is -2.13. The van der Waals surface area contributed by atoms with Crippen LogP contribution in [0.15, 0.2) is 64.2 Å². The predicted octanol–water partition coefficient (Wildman–Crippen LogP) is 5.31. The molecule has 1 N–H and O–H groups in total. The number of nitrogens with zero attached hydrogens (tertiary/aromatic N) is 3. The van der Waals surface area contributed by atoms with E-state index in [0.717, 1.165) is 32.6 Å². The molecule has 24 heavy (non-hydrogen) atoms. The molecule has 0 aliphatic heterocycles. The highest BCUT2D eigenvalue weighted by atomic mass is 79.9. The van der Waals surface area contributed by atoms with Crippen LogP contribution in [0.1, 0.15) is 25.7 Å². The first-order valence-corrected chi connectivity index (χ1v) is 9.62. The number of anilines is 1. The molecule has 124 valence electrons. The lowest BCUT2D eigenvalue weighted by Gasteiger charge is -2.17. The SMILES string of the molecule is CCSc1nnc(C(C)Nc2ccc(Br)cc2)n1-c1ccccc1. The van der Waals surface area contributed by atoms with Gasteiger partial charge in [0.25, 0.3) is 0 Å². The number of hydrogen-bond donors (Lipinski definition) is 1. The maximum absolute atomic E-state index is 4.45. The molecule has 1 unspecified atom stereocenters. The van der Waals surface area contributed by atoms with Crippen LogP contribution in [0.3, 0.4) is 0 Å². The molecular formula is C18H19BrN4S. The quantitative estimate of drug-likeness (QED) is 0.566. The first-order valence-electron chi connectivity index (χ1n) is 7.84. The average molecular weight is 403 g/mol. The van der Waals surface area contributed by atoms with Crippen molar-refractivity contribution in [2.24, 2.45) is 0 Å². The van der Waals surface area contributed by atoms with Crippen molar-refractivity contribution in [1.82, 2.24) is 14.8 Å². The molecule has 0 bridgehead atoms. The maximum atomic E-state index is 4.45. The van der Waals surface area contributed by atoms with Crippen LogP contribution in [-0.2, 0) is 0 Å². The molecule has 1 heterocycles. The first kappa shape index (κ1) is 17.0. The highest BCUT2D eigenvalue weighted by molar-refractivity contribution is 9.10. The zero-order chi connectivity index (χ0) is 16.9. The molecule has 2 aromatic carbocycles. The first-order chi connectivity index (χ1) is 11.7. The third-order valence-corrected chi connectivity index (χ3v) is 4.90. The molecule has 1 aromatic heterocycles. The van der Waals surface area contributed by atoms with Gasteiger partial charge in [0.2, 0.25) is 0 Å². The molecule has 0 amide bonds. The van der Waals surface area contributed by atoms with E-state index in [1.54, 1.807) is 11.8 Å². The number of aromatic nitrogens is 3. The summed E-state index contributed by atoms with van der Waals surface area (Å²) in [6.07, 6.45) is 0. The van der Waals surface area contributed by atoms with Crippen molar-refractivity contribution in [3.8, 4) is 5.69 Å². The Morgan fingerprint density at radius 2 is 1.79 bits per heavy atom. The second-order valence-corrected chi connectivity index (χ2v) is 7.46. The lowest BCUT2D eigenvalue weighted by atomic mass is 10.2. The third-order valence-electron chi connectivity index (χ3n) is 3.56. The van der Waals surface area contributed by atoms with Gasteiger partial charge in [-0.1, -0.05) is 52.8 Å². The molecule has 0 fully saturated rings. The summed E-state index contributed by atoms with van der Waals surface area (Å²) in [7, 11) is 0. The summed E-state index contributed by atoms with van der Waals surface area (Å²) in [5.74, 6) is 1.86. The largest absolute Gasteiger partial charge is 0.375 e. The highest BCUT2D eigenvalue weighted by Gasteiger charge is 2.19. The maximum Gasteiger partial charge on any atom is 0.195 e. The minimum atomic E-state index is 0.0325. The van der Waals surface area contributed by atoms with Gasteiger partial charge in [-0.05, 0) is 49.1 Å². The standard InChI is InChI=1S/C18H19BrN4S/c1-3-24-18-22-21-17(23(18)16-7-5-4-6-8-16)13(2)20-15-11-9-14(19)10-12-15/h4-13,20H,3H2,1-2H3. The van der Waals surface area contributed by atoms with Gasteiger partial charge in [0, 0.05) is 15.8 Å². The fraction of sp³-hybridized carbons (Fsp3) is 0.222. The summed E-state index contributed by atoms with van der Waals surface area (Å²) in [5, 5.41) is 13.2. The summed E-state index contributed by atoms with van der Waals surface area (Å²) < 4.78 is 3.19. The van der Waals surface area contributed by atoms with E-state index in [9.17, 15) is 0 Å². The van der Waals surface area contributed by atoms with E-state index in [2.05, 4.69) is 62.0 Å². The molecule has 0 aliphatic rings. The van der Waals surface area contributed by atoms with Gasteiger partial charge in [-0.2, -0.15) is 0 Å². The average Bonchev–Trinajstić information content (AvgIpc) is 3.02. The van der Waals surface area contributed by atoms with Crippen LogP contribution in [0.4, 0.5) is 5.69 Å². The van der Waals surface area contributed by atoms with E-state index >= 15 is 0 Å². The Hall–Kier alpha value is -1.79. The van der Waals surface area contributed by atoms with Crippen LogP contribution in [0, 0.1) is 0 Å². The smallest absolute Gasteiger partial charge is 0.195 e. The summed E-state index contributed by atoms with van der Waals surface area (Å²) in [6, 6.07) is 18.4. The fourth-order valence-corrected chi connectivity index (χ4v) is 3.41. The topological polar surface area (TPSA) is 42.7 Å². The van der Waals surface area contributed by atoms with Gasteiger partial charge in [0.15, 0.2) is 11.0 Å². The molecule has 3 rings (SSSR count). The zero-order valence-corrected chi connectivity index (χ0v) is 16.0. The highest BCUT2D eigenvalue weighted by Crippen LogP contribution is 2.27. The minimum absolute atomic E-state index is 0.0325. The Kier molecular flexibility index (Phi) is 5.58. The summed E-state index contributed by atoms with van der Waals surface area (Å²) >= 11 is 5.16. The normalized spacial score (nSPS) is 12.1. The van der Waals surface area contributed by atoms with E-state index in [-0.39, 0.29) is 6.04 Å². The molecule has 1 atom stereocenters. The third kappa shape index (κ3) is 3.82. The second kappa shape index (κ2) is 7.85. The number of thioether (sulfide) groups is 1. The van der Waals surface area contributed by atoms with E-state index in [0.29, 0.717) is 0 Å². The van der Waals surface area contributed by atoms with Gasteiger partial charge in [0.1, 0.15) is 0 Å². The van der Waals surface area contributed by atoms with Crippen LogP contribution < -0.4 is 5.32 Å². The lowest BCUT2D eigenvalue weighted by molar-refractivity contribution is 0.744. The van der Waals surface area contributed by atoms with Crippen LogP contribution in [0.2, 0.25) is 0 Å². The van der Waals surface area contributed by atoms with Gasteiger partial charge >= 0.3 is 0 Å². The van der Waals surface area contributed by atoms with Gasteiger partial charge in [-0.25, -0.2) is 0 Å². The van der Waals surface area contributed by atoms with Crippen molar-refractivity contribution in [2.45, 2.75) is 25.0 Å². The Bertz CT molecular complexity index is 787. The molecule has 0 radical (unpaired) electrons. The van der Waals surface area contributed by atoms with Gasteiger partial charge in [0.05, 0.1) is 6.04 Å². The predicted molar refractivity (Wildman–Crippen MR) is 104 cm³/mol. The summed E-state index contributed by atoms with van der Waals surface area (Å²) in [4.78, 5) is 0. The number of benzene rings is 2. The van der Waals surface area contributed by atoms with Gasteiger partial charge < -0.3 is 5.32 Å². The second-order valence-electron chi connectivity index (χ2n) is 5.32. The van der Waals surface area contributed by atoms with E-state index in [1.807, 2.05) is 42.5 Å². The summed E-state index contributed by atoms with van der Waals surface area (Å²) in [6.45, 7) is 4.23. The molecule has 0 spiro atoms. The Balaban J connectivity index is 1.93. The monoisotopic (exact) mass is 402 g/mol. The van der Waals surface area contributed by atoms with Crippen LogP contribution in [0.5, 0.6) is 0 Å². The van der Waals surface area contributed by atoms with E-state index in [4.69, 9.17) is 0 Å². The number of nitrogens with one attached hydrogen (secondary N) is 1. The number of rotatable bonds is 6. The van der Waals surface area contributed by atoms with Crippen molar-refractivity contribution < 1.29 is 0 Å². The number of halogens is 1. The Morgan fingerprint density at radius 3 is 2.46 bits per heavy atom.